The van der Waals surface area contributed by atoms with Gasteiger partial charge in [0.15, 0.2) is 9.84 Å². The number of amides is 2. The van der Waals surface area contributed by atoms with E-state index in [0.717, 1.165) is 24.3 Å². The highest BCUT2D eigenvalue weighted by Gasteiger charge is 2.31. The lowest BCUT2D eigenvalue weighted by molar-refractivity contribution is -0.137. The third-order valence-electron chi connectivity index (χ3n) is 3.50. The summed E-state index contributed by atoms with van der Waals surface area (Å²) in [6.45, 7) is 1.43. The number of phenolic OH excluding ortho intramolecular Hbond substituents is 1. The SMILES string of the molecule is CCS(=O)(=O)c1ccc(O)c(NC(=O)Nc2cc(C(F)(F)F)ccc2Cl)c1. The van der Waals surface area contributed by atoms with Gasteiger partial charge in [0, 0.05) is 0 Å². The van der Waals surface area contributed by atoms with Gasteiger partial charge in [0.2, 0.25) is 0 Å². The second-order valence-corrected chi connectivity index (χ2v) is 8.04. The minimum Gasteiger partial charge on any atom is -0.506 e. The number of nitrogens with one attached hydrogen (secondary N) is 2. The summed E-state index contributed by atoms with van der Waals surface area (Å²) in [6.07, 6.45) is -4.63. The zero-order valence-corrected chi connectivity index (χ0v) is 15.3. The monoisotopic (exact) mass is 422 g/mol. The average molecular weight is 423 g/mol. The minimum absolute atomic E-state index is 0.129. The van der Waals surface area contributed by atoms with E-state index in [1.54, 1.807) is 0 Å². The van der Waals surface area contributed by atoms with Crippen molar-refractivity contribution in [2.24, 2.45) is 0 Å². The van der Waals surface area contributed by atoms with Crippen LogP contribution in [0.15, 0.2) is 41.3 Å². The van der Waals surface area contributed by atoms with E-state index in [1.165, 1.54) is 13.0 Å². The molecule has 0 radical (unpaired) electrons. The molecule has 0 saturated heterocycles. The molecule has 27 heavy (non-hydrogen) atoms. The Kier molecular flexibility index (Phi) is 5.91. The maximum Gasteiger partial charge on any atom is 0.416 e. The van der Waals surface area contributed by atoms with Crippen molar-refractivity contribution in [3.05, 3.63) is 47.0 Å². The first kappa shape index (κ1) is 20.8. The van der Waals surface area contributed by atoms with Gasteiger partial charge in [-0.2, -0.15) is 13.2 Å². The molecule has 0 spiro atoms. The minimum atomic E-state index is -4.63. The summed E-state index contributed by atoms with van der Waals surface area (Å²) in [5.41, 5.74) is -1.55. The molecule has 0 saturated carbocycles. The third-order valence-corrected chi connectivity index (χ3v) is 5.56. The molecular formula is C16H14ClF3N2O4S. The summed E-state index contributed by atoms with van der Waals surface area (Å²) in [7, 11) is -3.59. The quantitative estimate of drug-likeness (QED) is 0.632. The molecule has 0 aromatic heterocycles. The van der Waals surface area contributed by atoms with Gasteiger partial charge in [-0.3, -0.25) is 0 Å². The fourth-order valence-corrected chi connectivity index (χ4v) is 3.12. The van der Waals surface area contributed by atoms with E-state index >= 15 is 0 Å². The van der Waals surface area contributed by atoms with E-state index < -0.39 is 33.4 Å². The Hall–Kier alpha value is -2.46. The van der Waals surface area contributed by atoms with E-state index in [-0.39, 0.29) is 27.0 Å². The van der Waals surface area contributed by atoms with Crippen molar-refractivity contribution < 1.29 is 31.5 Å². The Balaban J connectivity index is 2.25. The summed E-state index contributed by atoms with van der Waals surface area (Å²) in [5.74, 6) is -0.612. The molecule has 0 aliphatic heterocycles. The summed E-state index contributed by atoms with van der Waals surface area (Å²) >= 11 is 5.79. The molecule has 2 aromatic carbocycles. The van der Waals surface area contributed by atoms with E-state index in [9.17, 15) is 31.5 Å². The lowest BCUT2D eigenvalue weighted by Crippen LogP contribution is -2.20. The van der Waals surface area contributed by atoms with Crippen LogP contribution in [0.25, 0.3) is 0 Å². The number of benzene rings is 2. The molecule has 6 nitrogen and oxygen atoms in total. The largest absolute Gasteiger partial charge is 0.506 e. The summed E-state index contributed by atoms with van der Waals surface area (Å²) in [5, 5.41) is 14.0. The Bertz CT molecular complexity index is 978. The van der Waals surface area contributed by atoms with Gasteiger partial charge in [-0.15, -0.1) is 0 Å². The first-order valence-electron chi connectivity index (χ1n) is 7.44. The number of hydrogen-bond acceptors (Lipinski definition) is 4. The number of sulfone groups is 1. The van der Waals surface area contributed by atoms with Crippen LogP contribution in [0.1, 0.15) is 12.5 Å². The molecule has 0 aliphatic rings. The van der Waals surface area contributed by atoms with Gasteiger partial charge in [-0.05, 0) is 36.4 Å². The van der Waals surface area contributed by atoms with Crippen LogP contribution in [0.3, 0.4) is 0 Å². The number of halogens is 4. The van der Waals surface area contributed by atoms with Crippen molar-refractivity contribution in [3.63, 3.8) is 0 Å². The number of carbonyl (C=O) groups is 1. The van der Waals surface area contributed by atoms with Gasteiger partial charge in [-0.1, -0.05) is 18.5 Å². The van der Waals surface area contributed by atoms with Crippen LogP contribution in [-0.4, -0.2) is 25.3 Å². The Morgan fingerprint density at radius 3 is 2.33 bits per heavy atom. The molecule has 2 amide bonds. The van der Waals surface area contributed by atoms with Crippen LogP contribution in [0, 0.1) is 0 Å². The first-order valence-corrected chi connectivity index (χ1v) is 9.47. The van der Waals surface area contributed by atoms with Crippen LogP contribution in [-0.2, 0) is 16.0 Å². The van der Waals surface area contributed by atoms with Gasteiger partial charge in [0.1, 0.15) is 5.75 Å². The molecule has 0 atom stereocenters. The molecule has 146 valence electrons. The first-order chi connectivity index (χ1) is 12.4. The number of hydrogen-bond donors (Lipinski definition) is 3. The summed E-state index contributed by atoms with van der Waals surface area (Å²) in [4.78, 5) is 11.9. The number of aromatic hydroxyl groups is 1. The number of phenols is 1. The normalized spacial score (nSPS) is 11.9. The van der Waals surface area contributed by atoms with Crippen LogP contribution < -0.4 is 10.6 Å². The molecule has 2 aromatic rings. The number of urea groups is 1. The second kappa shape index (κ2) is 7.65. The van der Waals surface area contributed by atoms with Crippen LogP contribution >= 0.6 is 11.6 Å². The number of carbonyl (C=O) groups excluding carboxylic acids is 1. The molecule has 3 N–H and O–H groups in total. The molecule has 0 aliphatic carbocycles. The predicted octanol–water partition coefficient (Wildman–Crippen LogP) is 4.50. The predicted molar refractivity (Wildman–Crippen MR) is 94.9 cm³/mol. The fraction of sp³-hybridized carbons (Fsp3) is 0.188. The molecule has 11 heteroatoms. The topological polar surface area (TPSA) is 95.5 Å². The van der Waals surface area contributed by atoms with Crippen LogP contribution in [0.2, 0.25) is 5.02 Å². The highest BCUT2D eigenvalue weighted by Crippen LogP contribution is 2.34. The fourth-order valence-electron chi connectivity index (χ4n) is 2.05. The summed E-state index contributed by atoms with van der Waals surface area (Å²) < 4.78 is 62.1. The Morgan fingerprint density at radius 1 is 1.11 bits per heavy atom. The average Bonchev–Trinajstić information content (AvgIpc) is 2.57. The lowest BCUT2D eigenvalue weighted by atomic mass is 10.2. The van der Waals surface area contributed by atoms with E-state index in [2.05, 4.69) is 10.6 Å². The molecule has 0 unspecified atom stereocenters. The Morgan fingerprint density at radius 2 is 1.74 bits per heavy atom. The van der Waals surface area contributed by atoms with Gasteiger partial charge in [-0.25, -0.2) is 13.2 Å². The maximum absolute atomic E-state index is 12.8. The van der Waals surface area contributed by atoms with Crippen molar-refractivity contribution in [1.82, 2.24) is 0 Å². The standard InChI is InChI=1S/C16H14ClF3N2O4S/c1-2-27(25,26)10-4-6-14(23)13(8-10)22-15(24)21-12-7-9(16(18,19)20)3-5-11(12)17/h3-8,23H,2H2,1H3,(H2,21,22,24). The lowest BCUT2D eigenvalue weighted by Gasteiger charge is -2.13. The molecule has 0 fully saturated rings. The van der Waals surface area contributed by atoms with E-state index in [0.29, 0.717) is 6.07 Å². The number of rotatable bonds is 4. The van der Waals surface area contributed by atoms with Crippen LogP contribution in [0.5, 0.6) is 5.75 Å². The van der Waals surface area contributed by atoms with E-state index in [4.69, 9.17) is 11.6 Å². The van der Waals surface area contributed by atoms with Crippen molar-refractivity contribution in [2.45, 2.75) is 18.0 Å². The number of anilines is 2. The summed E-state index contributed by atoms with van der Waals surface area (Å²) in [6, 6.07) is 4.66. The zero-order valence-electron chi connectivity index (χ0n) is 13.8. The molecule has 2 rings (SSSR count). The van der Waals surface area contributed by atoms with E-state index in [1.807, 2.05) is 0 Å². The van der Waals surface area contributed by atoms with Crippen molar-refractivity contribution in [1.29, 1.82) is 0 Å². The Labute approximate surface area is 157 Å². The van der Waals surface area contributed by atoms with Gasteiger partial charge < -0.3 is 15.7 Å². The van der Waals surface area contributed by atoms with Gasteiger partial charge in [0.25, 0.3) is 0 Å². The molecular weight excluding hydrogens is 409 g/mol. The van der Waals surface area contributed by atoms with Gasteiger partial charge in [0.05, 0.1) is 32.6 Å². The maximum atomic E-state index is 12.8. The van der Waals surface area contributed by atoms with Crippen molar-refractivity contribution >= 4 is 38.8 Å². The van der Waals surface area contributed by atoms with Crippen molar-refractivity contribution in [2.75, 3.05) is 16.4 Å². The smallest absolute Gasteiger partial charge is 0.416 e. The van der Waals surface area contributed by atoms with Gasteiger partial charge >= 0.3 is 12.2 Å². The third kappa shape index (κ3) is 5.04. The highest BCUT2D eigenvalue weighted by molar-refractivity contribution is 7.91. The van der Waals surface area contributed by atoms with Crippen molar-refractivity contribution in [3.8, 4) is 5.75 Å². The highest BCUT2D eigenvalue weighted by atomic mass is 35.5. The molecule has 0 bridgehead atoms. The zero-order chi connectivity index (χ0) is 20.4. The second-order valence-electron chi connectivity index (χ2n) is 5.35. The molecule has 0 heterocycles. The number of alkyl halides is 3. The van der Waals surface area contributed by atoms with Crippen LogP contribution in [0.4, 0.5) is 29.3 Å².